The molecule has 0 aromatic rings. The second kappa shape index (κ2) is 10.5. The van der Waals surface area contributed by atoms with Gasteiger partial charge in [0.25, 0.3) is 12.3 Å². The van der Waals surface area contributed by atoms with E-state index in [2.05, 4.69) is 0 Å². The first-order valence-corrected chi connectivity index (χ1v) is 8.14. The minimum Gasteiger partial charge on any atom is -0.265 e. The van der Waals surface area contributed by atoms with Gasteiger partial charge in [-0.2, -0.15) is 106 Å². The summed E-state index contributed by atoms with van der Waals surface area (Å²) in [6, 6.07) is 0. The molecule has 0 spiro atoms. The fourth-order valence-electron chi connectivity index (χ4n) is 1.63. The van der Waals surface area contributed by atoms with Crippen LogP contribution in [0.5, 0.6) is 0 Å². The van der Waals surface area contributed by atoms with Crippen LogP contribution in [0.25, 0.3) is 0 Å². The van der Waals surface area contributed by atoms with Crippen molar-refractivity contribution in [2.45, 2.75) is 73.2 Å². The highest BCUT2D eigenvalue weighted by atomic mass is 19.4. The van der Waals surface area contributed by atoms with Gasteiger partial charge in [-0.25, -0.2) is 8.78 Å². The zero-order valence-electron chi connectivity index (χ0n) is 16.9. The zero-order chi connectivity index (χ0) is 33.0. The minimum atomic E-state index is -8.52. The second-order valence-electron chi connectivity index (χ2n) is 6.52. The lowest BCUT2D eigenvalue weighted by Crippen LogP contribution is -2.69. The van der Waals surface area contributed by atoms with Crippen LogP contribution >= 0.6 is 0 Å². The molecule has 0 N–H and O–H groups in total. The van der Waals surface area contributed by atoms with Crippen molar-refractivity contribution in [2.75, 3.05) is 0 Å². The average molecular weight is 666 g/mol. The number of hydrogen-bond donors (Lipinski definition) is 0. The Morgan fingerprint density at radius 2 is 0.650 bits per heavy atom. The molecule has 0 amide bonds. The first-order valence-electron chi connectivity index (χ1n) is 8.14. The van der Waals surface area contributed by atoms with Crippen LogP contribution in [0, 0.1) is 0 Å². The molecule has 242 valence electrons. The van der Waals surface area contributed by atoms with E-state index in [1.807, 2.05) is 0 Å². The predicted octanol–water partition coefficient (Wildman–Crippen LogP) is 7.60. The van der Waals surface area contributed by atoms with E-state index in [-0.39, 0.29) is 0 Å². The molecular weight excluding hydrogens is 664 g/mol. The Balaban J connectivity index is 6.77. The van der Waals surface area contributed by atoms with Crippen LogP contribution in [-0.4, -0.2) is 73.2 Å². The molecule has 0 saturated heterocycles. The number of alkyl halides is 24. The van der Waals surface area contributed by atoms with Gasteiger partial charge in [0.2, 0.25) is 0 Å². The van der Waals surface area contributed by atoms with Gasteiger partial charge in [0.05, 0.1) is 0 Å². The van der Waals surface area contributed by atoms with Crippen LogP contribution in [0.1, 0.15) is 0 Å². The van der Waals surface area contributed by atoms with E-state index >= 15 is 0 Å². The molecule has 40 heavy (non-hydrogen) atoms. The van der Waals surface area contributed by atoms with Crippen LogP contribution in [0.4, 0.5) is 105 Å². The van der Waals surface area contributed by atoms with Crippen molar-refractivity contribution in [1.82, 2.24) is 0 Å². The summed E-state index contributed by atoms with van der Waals surface area (Å²) in [6.07, 6.45) is -73.8. The summed E-state index contributed by atoms with van der Waals surface area (Å²) in [5, 5.41) is 0. The molecule has 0 aliphatic carbocycles. The lowest BCUT2D eigenvalue weighted by Gasteiger charge is -2.41. The van der Waals surface area contributed by atoms with Crippen molar-refractivity contribution in [3.8, 4) is 0 Å². The first kappa shape index (κ1) is 38.2. The third kappa shape index (κ3) is 7.51. The van der Waals surface area contributed by atoms with E-state index in [0.29, 0.717) is 0 Å². The van der Waals surface area contributed by atoms with E-state index in [0.717, 1.165) is 4.74 Å². The molecule has 0 fully saturated rings. The van der Waals surface area contributed by atoms with Crippen molar-refractivity contribution in [2.24, 2.45) is 0 Å². The summed E-state index contributed by atoms with van der Waals surface area (Å²) in [4.78, 5) is 3.01. The van der Waals surface area contributed by atoms with E-state index in [1.54, 1.807) is 4.89 Å². The molecule has 4 unspecified atom stereocenters. The van der Waals surface area contributed by atoms with E-state index in [9.17, 15) is 105 Å². The second-order valence-corrected chi connectivity index (χ2v) is 6.52. The summed E-state index contributed by atoms with van der Waals surface area (Å²) in [5.41, 5.74) is 0. The monoisotopic (exact) mass is 666 g/mol. The summed E-state index contributed by atoms with van der Waals surface area (Å²) in [5.74, 6) is -16.8. The van der Waals surface area contributed by atoms with Gasteiger partial charge in [-0.05, 0) is 0 Å². The van der Waals surface area contributed by atoms with Gasteiger partial charge >= 0.3 is 60.8 Å². The third-order valence-electron chi connectivity index (χ3n) is 3.45. The molecule has 0 bridgehead atoms. The predicted molar refractivity (Wildman–Crippen MR) is 65.8 cm³/mol. The summed E-state index contributed by atoms with van der Waals surface area (Å²) in [6.45, 7) is 0. The van der Waals surface area contributed by atoms with Crippen molar-refractivity contribution < 1.29 is 125 Å². The third-order valence-corrected chi connectivity index (χ3v) is 3.45. The standard InChI is InChI=1S/C12H2F24O4/c13-1(3(15,16)17)5(21,22)37-7(25,9(27,28)29)11(33,34)38-8(26,10(30,31)32)12(35,36)40-39-6(23,24)2(14)4(18,19)20/h1-2H. The van der Waals surface area contributed by atoms with Crippen molar-refractivity contribution in [3.05, 3.63) is 0 Å². The van der Waals surface area contributed by atoms with Crippen molar-refractivity contribution in [1.29, 1.82) is 0 Å². The maximum atomic E-state index is 13.9. The average Bonchev–Trinajstić information content (AvgIpc) is 2.67. The van der Waals surface area contributed by atoms with Gasteiger partial charge in [0.1, 0.15) is 0 Å². The highest BCUT2D eigenvalue weighted by Gasteiger charge is 2.86. The van der Waals surface area contributed by atoms with Crippen molar-refractivity contribution in [3.63, 3.8) is 0 Å². The smallest absolute Gasteiger partial charge is 0.265 e. The first-order chi connectivity index (χ1) is 16.9. The molecule has 4 nitrogen and oxygen atoms in total. The molecule has 0 rings (SSSR count). The fourth-order valence-corrected chi connectivity index (χ4v) is 1.63. The Morgan fingerprint density at radius 3 is 0.950 bits per heavy atom. The van der Waals surface area contributed by atoms with Crippen LogP contribution in [0.15, 0.2) is 0 Å². The SMILES string of the molecule is FC(C(F)(F)F)C(F)(F)OOC(F)(F)C(F)(OC(F)(F)C(F)(OC(F)(F)C(F)C(F)(F)F)C(F)(F)F)C(F)(F)F. The van der Waals surface area contributed by atoms with Gasteiger partial charge in [-0.1, -0.05) is 0 Å². The fraction of sp³-hybridized carbons (Fsp3) is 1.00. The number of halogens is 24. The van der Waals surface area contributed by atoms with Crippen LogP contribution in [0.3, 0.4) is 0 Å². The molecule has 0 aromatic carbocycles. The normalized spacial score (nSPS) is 20.1. The molecular formula is C12H2F24O4. The van der Waals surface area contributed by atoms with E-state index < -0.39 is 73.2 Å². The Labute approximate surface area is 199 Å². The van der Waals surface area contributed by atoms with Gasteiger partial charge < -0.3 is 0 Å². The number of rotatable bonds is 11. The lowest BCUT2D eigenvalue weighted by molar-refractivity contribution is -0.609. The molecule has 0 radical (unpaired) electrons. The molecule has 4 atom stereocenters. The van der Waals surface area contributed by atoms with Gasteiger partial charge in [0, 0.05) is 0 Å². The van der Waals surface area contributed by atoms with Gasteiger partial charge in [0.15, 0.2) is 0 Å². The van der Waals surface area contributed by atoms with Crippen LogP contribution < -0.4 is 0 Å². The van der Waals surface area contributed by atoms with Crippen LogP contribution in [-0.2, 0) is 19.2 Å². The van der Waals surface area contributed by atoms with E-state index in [4.69, 9.17) is 0 Å². The molecule has 0 aliphatic heterocycles. The molecule has 0 aliphatic rings. The summed E-state index contributed by atoms with van der Waals surface area (Å²) >= 11 is 0. The molecule has 28 heteroatoms. The van der Waals surface area contributed by atoms with Crippen LogP contribution in [0.2, 0.25) is 0 Å². The topological polar surface area (TPSA) is 36.9 Å². The van der Waals surface area contributed by atoms with Gasteiger partial charge in [-0.15, -0.1) is 0 Å². The zero-order valence-corrected chi connectivity index (χ0v) is 16.9. The number of ether oxygens (including phenoxy) is 2. The maximum Gasteiger partial charge on any atom is 0.458 e. The molecule has 0 heterocycles. The van der Waals surface area contributed by atoms with E-state index in [1.165, 1.54) is 9.62 Å². The quantitative estimate of drug-likeness (QED) is 0.130. The number of hydrogen-bond acceptors (Lipinski definition) is 4. The Bertz CT molecular complexity index is 856. The largest absolute Gasteiger partial charge is 0.458 e. The molecule has 0 aromatic heterocycles. The summed E-state index contributed by atoms with van der Waals surface area (Å²) < 4.78 is 309. The maximum absolute atomic E-state index is 13.9. The lowest BCUT2D eigenvalue weighted by atomic mass is 10.2. The van der Waals surface area contributed by atoms with Gasteiger partial charge in [-0.3, -0.25) is 9.47 Å². The Hall–Kier alpha value is -1.84. The highest BCUT2D eigenvalue weighted by Crippen LogP contribution is 2.57. The summed E-state index contributed by atoms with van der Waals surface area (Å²) in [7, 11) is 0. The highest BCUT2D eigenvalue weighted by molar-refractivity contribution is 4.95. The van der Waals surface area contributed by atoms with Crippen molar-refractivity contribution >= 4 is 0 Å². The minimum absolute atomic E-state index is 1.15. The Kier molecular flexibility index (Phi) is 9.98. The molecule has 0 saturated carbocycles. The Morgan fingerprint density at radius 1 is 0.350 bits per heavy atom.